The fraction of sp³-hybridized carbons (Fsp3) is 0.167. The number of rotatable bonds is 6. The minimum atomic E-state index is -1.75. The molecule has 0 spiro atoms. The second-order valence-corrected chi connectivity index (χ2v) is 5.22. The van der Waals surface area contributed by atoms with Gasteiger partial charge in [0.1, 0.15) is 5.41 Å². The molecule has 0 radical (unpaired) electrons. The highest BCUT2D eigenvalue weighted by Gasteiger charge is 2.44. The first-order valence-corrected chi connectivity index (χ1v) is 7.11. The van der Waals surface area contributed by atoms with Gasteiger partial charge in [-0.2, -0.15) is 0 Å². The maximum atomic E-state index is 12.1. The molecule has 0 heterocycles. The van der Waals surface area contributed by atoms with Crippen molar-refractivity contribution in [2.24, 2.45) is 0 Å². The van der Waals surface area contributed by atoms with Crippen LogP contribution in [0.15, 0.2) is 54.6 Å². The Morgan fingerprint density at radius 3 is 1.92 bits per heavy atom. The van der Waals surface area contributed by atoms with E-state index in [1.165, 1.54) is 31.4 Å². The molecule has 0 bridgehead atoms. The lowest BCUT2D eigenvalue weighted by Gasteiger charge is -2.29. The summed E-state index contributed by atoms with van der Waals surface area (Å²) < 4.78 is 4.61. The van der Waals surface area contributed by atoms with Crippen LogP contribution in [0.1, 0.15) is 27.9 Å². The van der Waals surface area contributed by atoms with Crippen LogP contribution in [-0.2, 0) is 19.7 Å². The average Bonchev–Trinajstić information content (AvgIpc) is 2.59. The summed E-state index contributed by atoms with van der Waals surface area (Å²) in [5, 5.41) is 19.1. The molecule has 0 amide bonds. The van der Waals surface area contributed by atoms with E-state index in [0.717, 1.165) is 0 Å². The molecular formula is C18H16O6. The molecule has 0 aromatic heterocycles. The highest BCUT2D eigenvalue weighted by molar-refractivity contribution is 5.92. The van der Waals surface area contributed by atoms with Crippen LogP contribution in [0, 0.1) is 0 Å². The molecule has 0 aliphatic carbocycles. The van der Waals surface area contributed by atoms with Gasteiger partial charge < -0.3 is 14.9 Å². The predicted octanol–water partition coefficient (Wildman–Crippen LogP) is 2.32. The number of carboxylic acids is 2. The quantitative estimate of drug-likeness (QED) is 0.789. The first kappa shape index (κ1) is 17.2. The van der Waals surface area contributed by atoms with E-state index >= 15 is 0 Å². The summed E-state index contributed by atoms with van der Waals surface area (Å²) in [7, 11) is 1.24. The van der Waals surface area contributed by atoms with E-state index in [0.29, 0.717) is 5.56 Å². The Morgan fingerprint density at radius 2 is 1.46 bits per heavy atom. The Balaban J connectivity index is 2.63. The number of carboxylic acid groups (broad SMARTS) is 2. The lowest BCUT2D eigenvalue weighted by Crippen LogP contribution is -2.39. The molecule has 124 valence electrons. The molecule has 6 heteroatoms. The van der Waals surface area contributed by atoms with E-state index in [9.17, 15) is 24.6 Å². The number of aliphatic carboxylic acids is 2. The molecule has 0 saturated heterocycles. The summed E-state index contributed by atoms with van der Waals surface area (Å²) >= 11 is 0. The number of carbonyl (C=O) groups excluding carboxylic acids is 1. The van der Waals surface area contributed by atoms with Crippen molar-refractivity contribution >= 4 is 17.9 Å². The Hall–Kier alpha value is -3.15. The Labute approximate surface area is 138 Å². The predicted molar refractivity (Wildman–Crippen MR) is 84.9 cm³/mol. The van der Waals surface area contributed by atoms with Gasteiger partial charge in [-0.25, -0.2) is 4.79 Å². The van der Waals surface area contributed by atoms with Crippen LogP contribution >= 0.6 is 0 Å². The number of ether oxygens (including phenoxy) is 1. The third-order valence-electron chi connectivity index (χ3n) is 3.85. The van der Waals surface area contributed by atoms with Gasteiger partial charge in [0.05, 0.1) is 19.1 Å². The van der Waals surface area contributed by atoms with E-state index in [2.05, 4.69) is 4.74 Å². The topological polar surface area (TPSA) is 101 Å². The van der Waals surface area contributed by atoms with E-state index in [1.54, 1.807) is 30.3 Å². The second-order valence-electron chi connectivity index (χ2n) is 5.22. The minimum Gasteiger partial charge on any atom is -0.481 e. The van der Waals surface area contributed by atoms with Crippen molar-refractivity contribution in [3.05, 3.63) is 71.3 Å². The SMILES string of the molecule is COC(=O)c1ccc(C(CC(=O)O)(C(=O)O)c2ccccc2)cc1. The third kappa shape index (κ3) is 3.12. The molecule has 0 aliphatic heterocycles. The van der Waals surface area contributed by atoms with Crippen molar-refractivity contribution in [2.45, 2.75) is 11.8 Å². The van der Waals surface area contributed by atoms with Crippen molar-refractivity contribution in [3.63, 3.8) is 0 Å². The number of benzene rings is 2. The normalized spacial score (nSPS) is 12.9. The van der Waals surface area contributed by atoms with Crippen molar-refractivity contribution < 1.29 is 29.3 Å². The number of carbonyl (C=O) groups is 3. The summed E-state index contributed by atoms with van der Waals surface area (Å²) in [6, 6.07) is 13.9. The third-order valence-corrected chi connectivity index (χ3v) is 3.85. The molecule has 6 nitrogen and oxygen atoms in total. The Morgan fingerprint density at radius 1 is 0.917 bits per heavy atom. The molecule has 0 saturated carbocycles. The number of hydrogen-bond donors (Lipinski definition) is 2. The van der Waals surface area contributed by atoms with Crippen LogP contribution in [0.3, 0.4) is 0 Å². The molecule has 2 rings (SSSR count). The number of esters is 1. The zero-order valence-corrected chi connectivity index (χ0v) is 12.9. The monoisotopic (exact) mass is 328 g/mol. The lowest BCUT2D eigenvalue weighted by atomic mass is 9.72. The summed E-state index contributed by atoms with van der Waals surface area (Å²) in [5.74, 6) is -3.07. The molecule has 0 fully saturated rings. The van der Waals surface area contributed by atoms with E-state index in [-0.39, 0.29) is 11.1 Å². The van der Waals surface area contributed by atoms with E-state index < -0.39 is 29.7 Å². The summed E-state index contributed by atoms with van der Waals surface area (Å²) in [6.07, 6.45) is -0.621. The lowest BCUT2D eigenvalue weighted by molar-refractivity contribution is -0.148. The standard InChI is InChI=1S/C18H16O6/c1-24-16(21)12-7-9-14(10-8-12)18(17(22)23,11-15(19)20)13-5-3-2-4-6-13/h2-10H,11H2,1H3,(H,19,20)(H,22,23). The first-order chi connectivity index (χ1) is 11.4. The smallest absolute Gasteiger partial charge is 0.337 e. The van der Waals surface area contributed by atoms with Gasteiger partial charge in [-0.3, -0.25) is 9.59 Å². The molecule has 2 aromatic carbocycles. The average molecular weight is 328 g/mol. The van der Waals surface area contributed by atoms with Crippen molar-refractivity contribution in [1.29, 1.82) is 0 Å². The van der Waals surface area contributed by atoms with E-state index in [1.807, 2.05) is 0 Å². The minimum absolute atomic E-state index is 0.254. The van der Waals surface area contributed by atoms with Crippen molar-refractivity contribution in [3.8, 4) is 0 Å². The van der Waals surface area contributed by atoms with Gasteiger partial charge in [0.2, 0.25) is 0 Å². The second kappa shape index (κ2) is 6.95. The van der Waals surface area contributed by atoms with Gasteiger partial charge in [0.25, 0.3) is 0 Å². The molecule has 2 aromatic rings. The van der Waals surface area contributed by atoms with Crippen LogP contribution in [0.2, 0.25) is 0 Å². The maximum absolute atomic E-state index is 12.1. The first-order valence-electron chi connectivity index (χ1n) is 7.11. The summed E-state index contributed by atoms with van der Waals surface area (Å²) in [4.78, 5) is 35.0. The van der Waals surface area contributed by atoms with Gasteiger partial charge in [-0.05, 0) is 23.3 Å². The number of hydrogen-bond acceptors (Lipinski definition) is 4. The van der Waals surface area contributed by atoms with Crippen molar-refractivity contribution in [1.82, 2.24) is 0 Å². The molecule has 24 heavy (non-hydrogen) atoms. The van der Waals surface area contributed by atoms with Gasteiger partial charge in [-0.1, -0.05) is 42.5 Å². The van der Waals surface area contributed by atoms with E-state index in [4.69, 9.17) is 0 Å². The number of methoxy groups -OCH3 is 1. The molecule has 1 atom stereocenters. The zero-order chi connectivity index (χ0) is 17.7. The molecule has 1 unspecified atom stereocenters. The van der Waals surface area contributed by atoms with Gasteiger partial charge in [-0.15, -0.1) is 0 Å². The van der Waals surface area contributed by atoms with Crippen LogP contribution in [0.25, 0.3) is 0 Å². The maximum Gasteiger partial charge on any atom is 0.337 e. The van der Waals surface area contributed by atoms with Crippen molar-refractivity contribution in [2.75, 3.05) is 7.11 Å². The van der Waals surface area contributed by atoms with Crippen LogP contribution in [-0.4, -0.2) is 35.2 Å². The van der Waals surface area contributed by atoms with Gasteiger partial charge in [0, 0.05) is 0 Å². The zero-order valence-electron chi connectivity index (χ0n) is 12.9. The Bertz CT molecular complexity index is 751. The summed E-state index contributed by atoms with van der Waals surface area (Å²) in [6.45, 7) is 0. The summed E-state index contributed by atoms with van der Waals surface area (Å²) in [5.41, 5.74) is -0.868. The fourth-order valence-corrected chi connectivity index (χ4v) is 2.65. The molecule has 0 aliphatic rings. The Kier molecular flexibility index (Phi) is 4.99. The van der Waals surface area contributed by atoms with Crippen LogP contribution < -0.4 is 0 Å². The van der Waals surface area contributed by atoms with Gasteiger partial charge >= 0.3 is 17.9 Å². The highest BCUT2D eigenvalue weighted by atomic mass is 16.5. The van der Waals surface area contributed by atoms with Crippen LogP contribution in [0.5, 0.6) is 0 Å². The highest BCUT2D eigenvalue weighted by Crippen LogP contribution is 2.36. The van der Waals surface area contributed by atoms with Gasteiger partial charge in [0.15, 0.2) is 0 Å². The molecule has 2 N–H and O–H groups in total. The molecular weight excluding hydrogens is 312 g/mol. The van der Waals surface area contributed by atoms with Crippen LogP contribution in [0.4, 0.5) is 0 Å². The largest absolute Gasteiger partial charge is 0.481 e. The fourth-order valence-electron chi connectivity index (χ4n) is 2.65.